The van der Waals surface area contributed by atoms with E-state index in [1.54, 1.807) is 0 Å². The molecule has 1 amide bonds. The quantitative estimate of drug-likeness (QED) is 0.367. The monoisotopic (exact) mass is 404 g/mol. The van der Waals surface area contributed by atoms with Crippen LogP contribution in [0.15, 0.2) is 78.9 Å². The van der Waals surface area contributed by atoms with Crippen LogP contribution in [0.25, 0.3) is 11.1 Å². The highest BCUT2D eigenvalue weighted by atomic mass is 16.6. The van der Waals surface area contributed by atoms with E-state index < -0.39 is 22.8 Å². The van der Waals surface area contributed by atoms with E-state index >= 15 is 0 Å². The first-order chi connectivity index (χ1) is 14.5. The van der Waals surface area contributed by atoms with Crippen LogP contribution in [0.2, 0.25) is 0 Å². The minimum absolute atomic E-state index is 0.0949. The van der Waals surface area contributed by atoms with Crippen LogP contribution in [-0.2, 0) is 16.0 Å². The first kappa shape index (κ1) is 20.7. The molecule has 0 saturated heterocycles. The maximum absolute atomic E-state index is 12.5. The number of ether oxygens (including phenoxy) is 1. The third-order valence-corrected chi connectivity index (χ3v) is 4.61. The first-order valence-corrected chi connectivity index (χ1v) is 9.25. The van der Waals surface area contributed by atoms with E-state index in [9.17, 15) is 19.7 Å². The molecule has 30 heavy (non-hydrogen) atoms. The average Bonchev–Trinajstić information content (AvgIpc) is 2.79. The number of carbonyl (C=O) groups is 2. The second-order valence-corrected chi connectivity index (χ2v) is 6.62. The van der Waals surface area contributed by atoms with Gasteiger partial charge in [-0.15, -0.1) is 0 Å². The average molecular weight is 404 g/mol. The molecule has 0 aliphatic carbocycles. The number of hydrogen-bond acceptors (Lipinski definition) is 5. The first-order valence-electron chi connectivity index (χ1n) is 9.25. The van der Waals surface area contributed by atoms with E-state index in [1.807, 2.05) is 54.6 Å². The molecule has 0 unspecified atom stereocenters. The zero-order chi connectivity index (χ0) is 21.5. The number of non-ortho nitro benzene ring substituents is 1. The van der Waals surface area contributed by atoms with Gasteiger partial charge in [-0.3, -0.25) is 14.9 Å². The molecule has 7 nitrogen and oxygen atoms in total. The van der Waals surface area contributed by atoms with Crippen molar-refractivity contribution in [2.45, 2.75) is 12.5 Å². The lowest BCUT2D eigenvalue weighted by Crippen LogP contribution is -2.43. The van der Waals surface area contributed by atoms with Crippen molar-refractivity contribution in [3.8, 4) is 11.1 Å². The number of methoxy groups -OCH3 is 1. The Bertz CT molecular complexity index is 1050. The number of nitro benzene ring substituents is 1. The van der Waals surface area contributed by atoms with Gasteiger partial charge in [0.25, 0.3) is 11.6 Å². The largest absolute Gasteiger partial charge is 0.467 e. The van der Waals surface area contributed by atoms with Crippen molar-refractivity contribution >= 4 is 17.6 Å². The minimum Gasteiger partial charge on any atom is -0.467 e. The summed E-state index contributed by atoms with van der Waals surface area (Å²) in [5.41, 5.74) is 2.85. The van der Waals surface area contributed by atoms with Gasteiger partial charge in [0, 0.05) is 24.1 Å². The normalized spacial score (nSPS) is 11.4. The molecule has 0 heterocycles. The highest BCUT2D eigenvalue weighted by Crippen LogP contribution is 2.20. The van der Waals surface area contributed by atoms with E-state index in [1.165, 1.54) is 31.4 Å². The lowest BCUT2D eigenvalue weighted by Gasteiger charge is -2.17. The number of nitrogens with one attached hydrogen (secondary N) is 1. The van der Waals surface area contributed by atoms with E-state index in [-0.39, 0.29) is 17.7 Å². The Balaban J connectivity index is 1.75. The van der Waals surface area contributed by atoms with Gasteiger partial charge in [0.1, 0.15) is 6.04 Å². The predicted octanol–water partition coefficient (Wildman–Crippen LogP) is 3.78. The van der Waals surface area contributed by atoms with Crippen LogP contribution in [-0.4, -0.2) is 30.0 Å². The summed E-state index contributed by atoms with van der Waals surface area (Å²) in [7, 11) is 1.24. The van der Waals surface area contributed by atoms with Crippen LogP contribution in [0, 0.1) is 10.1 Å². The number of rotatable bonds is 7. The lowest BCUT2D eigenvalue weighted by atomic mass is 10.0. The number of esters is 1. The Hall–Kier alpha value is -4.00. The Labute approximate surface area is 173 Å². The minimum atomic E-state index is -0.927. The van der Waals surface area contributed by atoms with Crippen molar-refractivity contribution < 1.29 is 19.2 Å². The van der Waals surface area contributed by atoms with Gasteiger partial charge in [0.15, 0.2) is 0 Å². The standard InChI is InChI=1S/C23H20N2O5/c1-30-23(27)21(24-22(26)19-8-5-9-20(15-19)25(28)29)14-16-10-12-18(13-11-16)17-6-3-2-4-7-17/h2-13,15,21H,14H2,1H3,(H,24,26)/t21-/m0/s1. The van der Waals surface area contributed by atoms with Crippen molar-refractivity contribution in [1.29, 1.82) is 0 Å². The zero-order valence-electron chi connectivity index (χ0n) is 16.3. The number of amides is 1. The van der Waals surface area contributed by atoms with Crippen molar-refractivity contribution in [1.82, 2.24) is 5.32 Å². The molecular weight excluding hydrogens is 384 g/mol. The molecule has 7 heteroatoms. The molecule has 0 fully saturated rings. The molecule has 0 saturated carbocycles. The number of nitrogens with zero attached hydrogens (tertiary/aromatic N) is 1. The maximum Gasteiger partial charge on any atom is 0.328 e. The molecule has 0 spiro atoms. The van der Waals surface area contributed by atoms with Gasteiger partial charge in [-0.05, 0) is 22.8 Å². The molecule has 0 aromatic heterocycles. The van der Waals surface area contributed by atoms with Gasteiger partial charge in [-0.1, -0.05) is 60.7 Å². The molecule has 0 radical (unpaired) electrons. The van der Waals surface area contributed by atoms with Crippen LogP contribution in [0.1, 0.15) is 15.9 Å². The molecular formula is C23H20N2O5. The summed E-state index contributed by atoms with van der Waals surface area (Å²) in [5.74, 6) is -1.18. The van der Waals surface area contributed by atoms with Crippen LogP contribution >= 0.6 is 0 Å². The summed E-state index contributed by atoms with van der Waals surface area (Å²) >= 11 is 0. The second kappa shape index (κ2) is 9.47. The van der Waals surface area contributed by atoms with Crippen LogP contribution < -0.4 is 5.32 Å². The second-order valence-electron chi connectivity index (χ2n) is 6.62. The van der Waals surface area contributed by atoms with Gasteiger partial charge in [-0.2, -0.15) is 0 Å². The molecule has 0 bridgehead atoms. The third kappa shape index (κ3) is 5.08. The number of hydrogen-bond donors (Lipinski definition) is 1. The van der Waals surface area contributed by atoms with Gasteiger partial charge in [-0.25, -0.2) is 4.79 Å². The summed E-state index contributed by atoms with van der Waals surface area (Å²) in [6.07, 6.45) is 0.225. The maximum atomic E-state index is 12.5. The number of benzene rings is 3. The zero-order valence-corrected chi connectivity index (χ0v) is 16.3. The van der Waals surface area contributed by atoms with Crippen LogP contribution in [0.5, 0.6) is 0 Å². The van der Waals surface area contributed by atoms with E-state index in [0.717, 1.165) is 16.7 Å². The van der Waals surface area contributed by atoms with Gasteiger partial charge >= 0.3 is 5.97 Å². The van der Waals surface area contributed by atoms with E-state index in [2.05, 4.69) is 5.32 Å². The Morgan fingerprint density at radius 2 is 1.63 bits per heavy atom. The SMILES string of the molecule is COC(=O)[C@H](Cc1ccc(-c2ccccc2)cc1)NC(=O)c1cccc([N+](=O)[O-])c1. The van der Waals surface area contributed by atoms with Crippen LogP contribution in [0.3, 0.4) is 0 Å². The van der Waals surface area contributed by atoms with Gasteiger partial charge in [0.2, 0.25) is 0 Å². The molecule has 0 aliphatic heterocycles. The Kier molecular flexibility index (Phi) is 6.54. The number of nitro groups is 1. The highest BCUT2D eigenvalue weighted by molar-refractivity contribution is 5.97. The third-order valence-electron chi connectivity index (χ3n) is 4.61. The Morgan fingerprint density at radius 1 is 0.967 bits per heavy atom. The fraction of sp³-hybridized carbons (Fsp3) is 0.130. The molecule has 1 N–H and O–H groups in total. The molecule has 3 rings (SSSR count). The van der Waals surface area contributed by atoms with Gasteiger partial charge in [0.05, 0.1) is 12.0 Å². The molecule has 1 atom stereocenters. The van der Waals surface area contributed by atoms with Crippen molar-refractivity contribution in [2.75, 3.05) is 7.11 Å². The van der Waals surface area contributed by atoms with E-state index in [4.69, 9.17) is 4.74 Å². The lowest BCUT2D eigenvalue weighted by molar-refractivity contribution is -0.384. The fourth-order valence-electron chi connectivity index (χ4n) is 3.04. The summed E-state index contributed by atoms with van der Waals surface area (Å²) in [6, 6.07) is 21.9. The summed E-state index contributed by atoms with van der Waals surface area (Å²) in [4.78, 5) is 35.1. The molecule has 0 aliphatic rings. The topological polar surface area (TPSA) is 98.5 Å². The van der Waals surface area contributed by atoms with Gasteiger partial charge < -0.3 is 10.1 Å². The summed E-state index contributed by atoms with van der Waals surface area (Å²) < 4.78 is 4.81. The van der Waals surface area contributed by atoms with Crippen molar-refractivity contribution in [2.24, 2.45) is 0 Å². The number of carbonyl (C=O) groups excluding carboxylic acids is 2. The molecule has 3 aromatic carbocycles. The van der Waals surface area contributed by atoms with Crippen molar-refractivity contribution in [3.05, 3.63) is 100 Å². The Morgan fingerprint density at radius 3 is 2.27 bits per heavy atom. The smallest absolute Gasteiger partial charge is 0.328 e. The fourth-order valence-corrected chi connectivity index (χ4v) is 3.04. The van der Waals surface area contributed by atoms with Crippen molar-refractivity contribution in [3.63, 3.8) is 0 Å². The van der Waals surface area contributed by atoms with E-state index in [0.29, 0.717) is 0 Å². The summed E-state index contributed by atoms with van der Waals surface area (Å²) in [6.45, 7) is 0. The highest BCUT2D eigenvalue weighted by Gasteiger charge is 2.23. The summed E-state index contributed by atoms with van der Waals surface area (Å²) in [5, 5.41) is 13.5. The molecule has 3 aromatic rings. The molecule has 152 valence electrons. The van der Waals surface area contributed by atoms with Crippen LogP contribution in [0.4, 0.5) is 5.69 Å². The predicted molar refractivity (Wildman–Crippen MR) is 112 cm³/mol.